The summed E-state index contributed by atoms with van der Waals surface area (Å²) in [6.45, 7) is 0. The van der Waals surface area contributed by atoms with Gasteiger partial charge in [-0.25, -0.2) is 4.79 Å². The summed E-state index contributed by atoms with van der Waals surface area (Å²) in [7, 11) is 0. The maximum atomic E-state index is 10.9. The topological polar surface area (TPSA) is 121 Å². The standard InChI is InChI=1S/C9H10O7/c10-6(11)1-2-9(15)5(3-7(12)13)4-8(14)16-9/h3,15H,1-2,4H2,(H,10,11)(H,12,13)/b5-3+/t9-/m1/s1. The number of carboxylic acids is 2. The van der Waals surface area contributed by atoms with Crippen LogP contribution in [0.15, 0.2) is 11.6 Å². The second-order valence-corrected chi connectivity index (χ2v) is 3.34. The predicted octanol–water partition coefficient (Wildman–Crippen LogP) is -0.502. The normalized spacial score (nSPS) is 26.8. The lowest BCUT2D eigenvalue weighted by Gasteiger charge is -2.21. The largest absolute Gasteiger partial charge is 0.481 e. The van der Waals surface area contributed by atoms with Crippen molar-refractivity contribution in [1.82, 2.24) is 0 Å². The minimum Gasteiger partial charge on any atom is -0.481 e. The van der Waals surface area contributed by atoms with Gasteiger partial charge in [0.2, 0.25) is 5.79 Å². The van der Waals surface area contributed by atoms with Gasteiger partial charge in [0, 0.05) is 18.1 Å². The van der Waals surface area contributed by atoms with Crippen LogP contribution in [0.5, 0.6) is 0 Å². The quantitative estimate of drug-likeness (QED) is 0.439. The van der Waals surface area contributed by atoms with Crippen LogP contribution in [0.1, 0.15) is 19.3 Å². The van der Waals surface area contributed by atoms with E-state index in [1.165, 1.54) is 0 Å². The number of aliphatic carboxylic acids is 2. The zero-order valence-electron chi connectivity index (χ0n) is 8.17. The van der Waals surface area contributed by atoms with Crippen molar-refractivity contribution in [2.45, 2.75) is 25.0 Å². The molecule has 1 heterocycles. The predicted molar refractivity (Wildman–Crippen MR) is 48.2 cm³/mol. The molecule has 0 radical (unpaired) electrons. The summed E-state index contributed by atoms with van der Waals surface area (Å²) in [5.41, 5.74) is -0.133. The van der Waals surface area contributed by atoms with Gasteiger partial charge in [-0.1, -0.05) is 0 Å². The van der Waals surface area contributed by atoms with E-state index in [1.807, 2.05) is 0 Å². The van der Waals surface area contributed by atoms with Crippen molar-refractivity contribution in [1.29, 1.82) is 0 Å². The van der Waals surface area contributed by atoms with Crippen LogP contribution in [0.25, 0.3) is 0 Å². The molecule has 0 aromatic carbocycles. The first-order valence-corrected chi connectivity index (χ1v) is 4.43. The highest BCUT2D eigenvalue weighted by Gasteiger charge is 2.43. The molecule has 0 spiro atoms. The average molecular weight is 230 g/mol. The summed E-state index contributed by atoms with van der Waals surface area (Å²) >= 11 is 0. The lowest BCUT2D eigenvalue weighted by atomic mass is 10.0. The molecule has 88 valence electrons. The van der Waals surface area contributed by atoms with E-state index in [4.69, 9.17) is 10.2 Å². The molecular formula is C9H10O7. The molecule has 0 aromatic rings. The second kappa shape index (κ2) is 4.31. The SMILES string of the molecule is O=C(O)/C=C1\CC(=O)O[C@]1(O)CCC(=O)O. The Balaban J connectivity index is 2.86. The van der Waals surface area contributed by atoms with E-state index in [9.17, 15) is 19.5 Å². The molecule has 1 rings (SSSR count). The Morgan fingerprint density at radius 3 is 2.56 bits per heavy atom. The highest BCUT2D eigenvalue weighted by Crippen LogP contribution is 2.33. The number of aliphatic hydroxyl groups is 1. The Hall–Kier alpha value is -1.89. The Bertz CT molecular complexity index is 370. The third kappa shape index (κ3) is 2.80. The van der Waals surface area contributed by atoms with E-state index in [1.54, 1.807) is 0 Å². The van der Waals surface area contributed by atoms with Gasteiger partial charge in [0.15, 0.2) is 0 Å². The number of carboxylic acid groups (broad SMARTS) is 2. The molecule has 1 saturated heterocycles. The van der Waals surface area contributed by atoms with Crippen molar-refractivity contribution in [3.05, 3.63) is 11.6 Å². The zero-order chi connectivity index (χ0) is 12.3. The van der Waals surface area contributed by atoms with Gasteiger partial charge in [0.1, 0.15) is 0 Å². The van der Waals surface area contributed by atoms with E-state index < -0.39 is 30.1 Å². The first-order chi connectivity index (χ1) is 7.33. The minimum atomic E-state index is -2.10. The lowest BCUT2D eigenvalue weighted by Crippen LogP contribution is -2.31. The number of hydrogen-bond donors (Lipinski definition) is 3. The van der Waals surface area contributed by atoms with Gasteiger partial charge in [0.05, 0.1) is 12.8 Å². The summed E-state index contributed by atoms with van der Waals surface area (Å²) in [4.78, 5) is 31.7. The summed E-state index contributed by atoms with van der Waals surface area (Å²) in [5.74, 6) is -5.39. The molecule has 0 unspecified atom stereocenters. The number of rotatable bonds is 4. The van der Waals surface area contributed by atoms with Crippen molar-refractivity contribution < 1.29 is 34.4 Å². The van der Waals surface area contributed by atoms with Crippen LogP contribution >= 0.6 is 0 Å². The molecule has 0 saturated carbocycles. The smallest absolute Gasteiger partial charge is 0.328 e. The Morgan fingerprint density at radius 1 is 1.44 bits per heavy atom. The monoisotopic (exact) mass is 230 g/mol. The van der Waals surface area contributed by atoms with Crippen LogP contribution in [0.4, 0.5) is 0 Å². The number of ether oxygens (including phenoxy) is 1. The zero-order valence-corrected chi connectivity index (χ0v) is 8.17. The molecule has 0 aliphatic carbocycles. The molecule has 7 nitrogen and oxygen atoms in total. The van der Waals surface area contributed by atoms with Crippen molar-refractivity contribution in [3.63, 3.8) is 0 Å². The molecule has 1 atom stereocenters. The highest BCUT2D eigenvalue weighted by atomic mass is 16.7. The Kier molecular flexibility index (Phi) is 3.28. The number of cyclic esters (lactones) is 1. The van der Waals surface area contributed by atoms with Crippen LogP contribution < -0.4 is 0 Å². The van der Waals surface area contributed by atoms with Crippen molar-refractivity contribution in [2.75, 3.05) is 0 Å². The van der Waals surface area contributed by atoms with Gasteiger partial charge in [-0.05, 0) is 0 Å². The number of carbonyl (C=O) groups is 3. The average Bonchev–Trinajstić information content (AvgIpc) is 2.38. The lowest BCUT2D eigenvalue weighted by molar-refractivity contribution is -0.182. The molecule has 1 aliphatic heterocycles. The third-order valence-electron chi connectivity index (χ3n) is 2.09. The van der Waals surface area contributed by atoms with Crippen LogP contribution in [0, 0.1) is 0 Å². The van der Waals surface area contributed by atoms with Gasteiger partial charge in [-0.15, -0.1) is 0 Å². The van der Waals surface area contributed by atoms with E-state index in [-0.39, 0.29) is 18.4 Å². The van der Waals surface area contributed by atoms with Gasteiger partial charge >= 0.3 is 17.9 Å². The molecule has 1 fully saturated rings. The number of carbonyl (C=O) groups excluding carboxylic acids is 1. The molecule has 3 N–H and O–H groups in total. The highest BCUT2D eigenvalue weighted by molar-refractivity contribution is 5.85. The molecule has 0 aromatic heterocycles. The van der Waals surface area contributed by atoms with Gasteiger partial charge in [-0.2, -0.15) is 0 Å². The summed E-state index contributed by atoms with van der Waals surface area (Å²) in [6, 6.07) is 0. The van der Waals surface area contributed by atoms with E-state index in [2.05, 4.69) is 4.74 Å². The van der Waals surface area contributed by atoms with Crippen LogP contribution in [0.2, 0.25) is 0 Å². The third-order valence-corrected chi connectivity index (χ3v) is 2.09. The first-order valence-electron chi connectivity index (χ1n) is 4.43. The van der Waals surface area contributed by atoms with Gasteiger partial charge in [-0.3, -0.25) is 9.59 Å². The van der Waals surface area contributed by atoms with Crippen LogP contribution in [-0.4, -0.2) is 39.0 Å². The van der Waals surface area contributed by atoms with Gasteiger partial charge in [0.25, 0.3) is 0 Å². The minimum absolute atomic E-state index is 0.133. The van der Waals surface area contributed by atoms with E-state index in [0.29, 0.717) is 6.08 Å². The van der Waals surface area contributed by atoms with Crippen molar-refractivity contribution in [3.8, 4) is 0 Å². The van der Waals surface area contributed by atoms with Crippen LogP contribution in [-0.2, 0) is 19.1 Å². The van der Waals surface area contributed by atoms with Crippen LogP contribution in [0.3, 0.4) is 0 Å². The second-order valence-electron chi connectivity index (χ2n) is 3.34. The fraction of sp³-hybridized carbons (Fsp3) is 0.444. The molecule has 0 bridgehead atoms. The Labute approximate surface area is 89.9 Å². The van der Waals surface area contributed by atoms with Crippen molar-refractivity contribution >= 4 is 17.9 Å². The molecular weight excluding hydrogens is 220 g/mol. The fourth-order valence-corrected chi connectivity index (χ4v) is 1.38. The molecule has 1 aliphatic rings. The van der Waals surface area contributed by atoms with E-state index >= 15 is 0 Å². The first kappa shape index (κ1) is 12.2. The summed E-state index contributed by atoms with van der Waals surface area (Å²) < 4.78 is 4.53. The Morgan fingerprint density at radius 2 is 2.06 bits per heavy atom. The summed E-state index contributed by atoms with van der Waals surface area (Å²) in [6.07, 6.45) is -0.483. The number of esters is 1. The number of hydrogen-bond acceptors (Lipinski definition) is 5. The maximum absolute atomic E-state index is 10.9. The van der Waals surface area contributed by atoms with Crippen molar-refractivity contribution in [2.24, 2.45) is 0 Å². The van der Waals surface area contributed by atoms with Gasteiger partial charge < -0.3 is 20.1 Å². The molecule has 0 amide bonds. The fourth-order valence-electron chi connectivity index (χ4n) is 1.38. The molecule has 7 heteroatoms. The van der Waals surface area contributed by atoms with E-state index in [0.717, 1.165) is 0 Å². The maximum Gasteiger partial charge on any atom is 0.328 e. The molecule has 16 heavy (non-hydrogen) atoms. The summed E-state index contributed by atoms with van der Waals surface area (Å²) in [5, 5.41) is 26.7.